The summed E-state index contributed by atoms with van der Waals surface area (Å²) in [6.07, 6.45) is 0.262. The number of nitrogens with one attached hydrogen (secondary N) is 2. The van der Waals surface area contributed by atoms with Gasteiger partial charge in [-0.25, -0.2) is 12.8 Å². The van der Waals surface area contributed by atoms with E-state index in [0.29, 0.717) is 13.1 Å². The van der Waals surface area contributed by atoms with E-state index < -0.39 is 15.9 Å². The fourth-order valence-corrected chi connectivity index (χ4v) is 4.87. The zero-order chi connectivity index (χ0) is 23.3. The Bertz CT molecular complexity index is 1070. The monoisotopic (exact) mass is 462 g/mol. The highest BCUT2D eigenvalue weighted by molar-refractivity contribution is 7.89. The number of anilines is 1. The lowest BCUT2D eigenvalue weighted by Crippen LogP contribution is -2.48. The first-order valence-corrected chi connectivity index (χ1v) is 11.8. The van der Waals surface area contributed by atoms with Gasteiger partial charge >= 0.3 is 0 Å². The van der Waals surface area contributed by atoms with Crippen molar-refractivity contribution in [1.82, 2.24) is 15.2 Å². The summed E-state index contributed by atoms with van der Waals surface area (Å²) in [6.45, 7) is 5.23. The normalized spacial score (nSPS) is 14.9. The molecule has 1 aliphatic rings. The van der Waals surface area contributed by atoms with Crippen LogP contribution in [0.1, 0.15) is 30.6 Å². The standard InChI is InChI=1S/C22H27FN4O4S/c1-16(2)14-21(28)24-25-22(29)17-4-3-5-20(15-17)32(30,31)27-12-10-26(11-13-27)19-8-6-18(23)7-9-19/h3-9,15-16H,10-14H2,1-2H3,(H,24,28)(H,25,29). The Balaban J connectivity index is 1.64. The summed E-state index contributed by atoms with van der Waals surface area (Å²) in [6, 6.07) is 11.8. The minimum absolute atomic E-state index is 0.00823. The molecule has 0 unspecified atom stereocenters. The predicted molar refractivity (Wildman–Crippen MR) is 119 cm³/mol. The van der Waals surface area contributed by atoms with Crippen molar-refractivity contribution >= 4 is 27.5 Å². The van der Waals surface area contributed by atoms with E-state index in [4.69, 9.17) is 0 Å². The molecule has 0 radical (unpaired) electrons. The van der Waals surface area contributed by atoms with Gasteiger partial charge in [0.2, 0.25) is 15.9 Å². The number of carbonyl (C=O) groups excluding carboxylic acids is 2. The van der Waals surface area contributed by atoms with Crippen LogP contribution in [0, 0.1) is 11.7 Å². The molecule has 0 bridgehead atoms. The molecule has 10 heteroatoms. The van der Waals surface area contributed by atoms with Gasteiger partial charge in [0.15, 0.2) is 0 Å². The largest absolute Gasteiger partial charge is 0.369 e. The van der Waals surface area contributed by atoms with Crippen LogP contribution in [0.25, 0.3) is 0 Å². The lowest BCUT2D eigenvalue weighted by atomic mass is 10.1. The summed E-state index contributed by atoms with van der Waals surface area (Å²) >= 11 is 0. The highest BCUT2D eigenvalue weighted by Gasteiger charge is 2.29. The first-order valence-electron chi connectivity index (χ1n) is 10.4. The SMILES string of the molecule is CC(C)CC(=O)NNC(=O)c1cccc(S(=O)(=O)N2CCN(c3ccc(F)cc3)CC2)c1. The topological polar surface area (TPSA) is 98.8 Å². The zero-order valence-electron chi connectivity index (χ0n) is 18.0. The summed E-state index contributed by atoms with van der Waals surface area (Å²) in [7, 11) is -3.80. The van der Waals surface area contributed by atoms with Crippen LogP contribution in [-0.2, 0) is 14.8 Å². The Morgan fingerprint density at radius 1 is 1.00 bits per heavy atom. The van der Waals surface area contributed by atoms with Gasteiger partial charge in [0.1, 0.15) is 5.82 Å². The van der Waals surface area contributed by atoms with Crippen molar-refractivity contribution in [2.75, 3.05) is 31.1 Å². The Morgan fingerprint density at radius 3 is 2.28 bits per heavy atom. The molecule has 3 rings (SSSR count). The Morgan fingerprint density at radius 2 is 1.66 bits per heavy atom. The van der Waals surface area contributed by atoms with Gasteiger partial charge in [-0.2, -0.15) is 4.31 Å². The van der Waals surface area contributed by atoms with E-state index in [1.807, 2.05) is 18.7 Å². The molecule has 32 heavy (non-hydrogen) atoms. The molecular weight excluding hydrogens is 435 g/mol. The lowest BCUT2D eigenvalue weighted by molar-refractivity contribution is -0.122. The number of amides is 2. The van der Waals surface area contributed by atoms with E-state index >= 15 is 0 Å². The molecule has 1 aliphatic heterocycles. The number of sulfonamides is 1. The summed E-state index contributed by atoms with van der Waals surface area (Å²) < 4.78 is 40.7. The van der Waals surface area contributed by atoms with E-state index in [9.17, 15) is 22.4 Å². The average molecular weight is 463 g/mol. The van der Waals surface area contributed by atoms with E-state index in [1.54, 1.807) is 12.1 Å². The van der Waals surface area contributed by atoms with Gasteiger partial charge in [-0.3, -0.25) is 20.4 Å². The minimum Gasteiger partial charge on any atom is -0.369 e. The number of carbonyl (C=O) groups is 2. The summed E-state index contributed by atoms with van der Waals surface area (Å²) in [5.74, 6) is -1.10. The van der Waals surface area contributed by atoms with Gasteiger partial charge in [0, 0.05) is 43.9 Å². The number of nitrogens with zero attached hydrogens (tertiary/aromatic N) is 2. The van der Waals surface area contributed by atoms with Gasteiger partial charge in [-0.05, 0) is 48.4 Å². The van der Waals surface area contributed by atoms with Crippen molar-refractivity contribution in [2.24, 2.45) is 5.92 Å². The second kappa shape index (κ2) is 10.1. The molecule has 2 amide bonds. The maximum atomic E-state index is 13.1. The molecule has 0 aromatic heterocycles. The van der Waals surface area contributed by atoms with Gasteiger partial charge in [0.05, 0.1) is 4.90 Å². The number of halogens is 1. The highest BCUT2D eigenvalue weighted by atomic mass is 32.2. The van der Waals surface area contributed by atoms with Crippen LogP contribution in [-0.4, -0.2) is 50.7 Å². The third-order valence-corrected chi connectivity index (χ3v) is 6.97. The molecule has 2 aromatic rings. The molecule has 172 valence electrons. The van der Waals surface area contributed by atoms with E-state index in [2.05, 4.69) is 10.9 Å². The maximum Gasteiger partial charge on any atom is 0.269 e. The second-order valence-corrected chi connectivity index (χ2v) is 9.93. The second-order valence-electron chi connectivity index (χ2n) is 8.00. The van der Waals surface area contributed by atoms with Crippen LogP contribution in [0.15, 0.2) is 53.4 Å². The van der Waals surface area contributed by atoms with E-state index in [0.717, 1.165) is 5.69 Å². The smallest absolute Gasteiger partial charge is 0.269 e. The number of hydrogen-bond donors (Lipinski definition) is 2. The molecule has 0 atom stereocenters. The third kappa shape index (κ3) is 5.83. The van der Waals surface area contributed by atoms with Crippen LogP contribution >= 0.6 is 0 Å². The first kappa shape index (κ1) is 23.7. The fraction of sp³-hybridized carbons (Fsp3) is 0.364. The number of piperazine rings is 1. The Hall–Kier alpha value is -2.98. The molecule has 2 N–H and O–H groups in total. The van der Waals surface area contributed by atoms with Crippen LogP contribution in [0.5, 0.6) is 0 Å². The fourth-order valence-electron chi connectivity index (χ4n) is 3.41. The summed E-state index contributed by atoms with van der Waals surface area (Å²) in [4.78, 5) is 26.1. The highest BCUT2D eigenvalue weighted by Crippen LogP contribution is 2.22. The van der Waals surface area contributed by atoms with Crippen molar-refractivity contribution in [1.29, 1.82) is 0 Å². The predicted octanol–water partition coefficient (Wildman–Crippen LogP) is 2.14. The van der Waals surface area contributed by atoms with Crippen LogP contribution in [0.2, 0.25) is 0 Å². The van der Waals surface area contributed by atoms with Crippen molar-refractivity contribution in [2.45, 2.75) is 25.2 Å². The number of rotatable bonds is 6. The molecule has 1 saturated heterocycles. The molecular formula is C22H27FN4O4S. The summed E-state index contributed by atoms with van der Waals surface area (Å²) in [5.41, 5.74) is 5.60. The molecule has 1 heterocycles. The number of hydrogen-bond acceptors (Lipinski definition) is 5. The molecule has 1 fully saturated rings. The Kier molecular flexibility index (Phi) is 7.47. The molecule has 0 spiro atoms. The number of benzene rings is 2. The van der Waals surface area contributed by atoms with Crippen molar-refractivity contribution in [3.63, 3.8) is 0 Å². The van der Waals surface area contributed by atoms with Crippen LogP contribution < -0.4 is 15.8 Å². The molecule has 8 nitrogen and oxygen atoms in total. The summed E-state index contributed by atoms with van der Waals surface area (Å²) in [5, 5.41) is 0. The maximum absolute atomic E-state index is 13.1. The van der Waals surface area contributed by atoms with Crippen molar-refractivity contribution < 1.29 is 22.4 Å². The number of hydrazine groups is 1. The first-order chi connectivity index (χ1) is 15.2. The zero-order valence-corrected chi connectivity index (χ0v) is 18.9. The van der Waals surface area contributed by atoms with E-state index in [1.165, 1.54) is 40.7 Å². The lowest BCUT2D eigenvalue weighted by Gasteiger charge is -2.35. The van der Waals surface area contributed by atoms with Crippen molar-refractivity contribution in [3.05, 3.63) is 59.9 Å². The quantitative estimate of drug-likeness (QED) is 0.641. The van der Waals surface area contributed by atoms with Gasteiger partial charge in [-0.1, -0.05) is 19.9 Å². The molecule has 2 aromatic carbocycles. The van der Waals surface area contributed by atoms with E-state index in [-0.39, 0.29) is 47.6 Å². The van der Waals surface area contributed by atoms with Crippen molar-refractivity contribution in [3.8, 4) is 0 Å². The average Bonchev–Trinajstić information content (AvgIpc) is 2.77. The van der Waals surface area contributed by atoms with Crippen LogP contribution in [0.4, 0.5) is 10.1 Å². The van der Waals surface area contributed by atoms with Gasteiger partial charge < -0.3 is 4.90 Å². The van der Waals surface area contributed by atoms with Gasteiger partial charge in [-0.15, -0.1) is 0 Å². The molecule has 0 aliphatic carbocycles. The molecule has 0 saturated carbocycles. The van der Waals surface area contributed by atoms with Gasteiger partial charge in [0.25, 0.3) is 5.91 Å². The van der Waals surface area contributed by atoms with Crippen LogP contribution in [0.3, 0.4) is 0 Å². The minimum atomic E-state index is -3.80. The third-order valence-electron chi connectivity index (χ3n) is 5.07. The Labute approximate surface area is 187 Å².